The lowest BCUT2D eigenvalue weighted by Crippen LogP contribution is -2.48. The van der Waals surface area contributed by atoms with Crippen LogP contribution in [-0.4, -0.2) is 59.1 Å². The van der Waals surface area contributed by atoms with Crippen LogP contribution in [0.25, 0.3) is 0 Å². The van der Waals surface area contributed by atoms with Crippen molar-refractivity contribution in [3.63, 3.8) is 0 Å². The molecule has 6 heteroatoms. The summed E-state index contributed by atoms with van der Waals surface area (Å²) in [4.78, 5) is 24.9. The summed E-state index contributed by atoms with van der Waals surface area (Å²) in [5, 5.41) is 12.0. The smallest absolute Gasteiger partial charge is 0.305 e. The molecular formula is C12H18N2O3S. The fourth-order valence-electron chi connectivity index (χ4n) is 2.17. The van der Waals surface area contributed by atoms with Gasteiger partial charge in [0, 0.05) is 36.7 Å². The SMILES string of the molecule is CC(C(=O)N1CCSCC1CC(=O)O)=C1CNC1. The molecule has 18 heavy (non-hydrogen) atoms. The van der Waals surface area contributed by atoms with Crippen LogP contribution in [0.3, 0.4) is 0 Å². The molecule has 1 unspecified atom stereocenters. The molecule has 0 aliphatic carbocycles. The topological polar surface area (TPSA) is 69.6 Å². The second kappa shape index (κ2) is 5.75. The Hall–Kier alpha value is -1.01. The minimum absolute atomic E-state index is 0.0121. The normalized spacial score (nSPS) is 23.5. The highest BCUT2D eigenvalue weighted by Gasteiger charge is 2.30. The summed E-state index contributed by atoms with van der Waals surface area (Å²) in [6, 6.07) is -0.169. The van der Waals surface area contributed by atoms with Crippen molar-refractivity contribution in [3.8, 4) is 0 Å². The highest BCUT2D eigenvalue weighted by molar-refractivity contribution is 7.99. The molecule has 0 aromatic heterocycles. The number of carbonyl (C=O) groups excluding carboxylic acids is 1. The summed E-state index contributed by atoms with van der Waals surface area (Å²) >= 11 is 1.72. The van der Waals surface area contributed by atoms with Gasteiger partial charge in [0.2, 0.25) is 5.91 Å². The van der Waals surface area contributed by atoms with Crippen molar-refractivity contribution < 1.29 is 14.7 Å². The largest absolute Gasteiger partial charge is 0.481 e. The third kappa shape index (κ3) is 2.87. The zero-order valence-electron chi connectivity index (χ0n) is 10.4. The van der Waals surface area contributed by atoms with E-state index in [1.807, 2.05) is 6.92 Å². The van der Waals surface area contributed by atoms with Crippen molar-refractivity contribution in [1.29, 1.82) is 0 Å². The minimum atomic E-state index is -0.837. The molecule has 2 aliphatic heterocycles. The van der Waals surface area contributed by atoms with Crippen molar-refractivity contribution >= 4 is 23.6 Å². The molecule has 1 amide bonds. The molecule has 0 spiro atoms. The maximum absolute atomic E-state index is 12.4. The molecule has 2 saturated heterocycles. The van der Waals surface area contributed by atoms with Gasteiger partial charge >= 0.3 is 5.97 Å². The zero-order chi connectivity index (χ0) is 13.1. The lowest BCUT2D eigenvalue weighted by Gasteiger charge is -2.36. The van der Waals surface area contributed by atoms with E-state index in [9.17, 15) is 9.59 Å². The molecule has 100 valence electrons. The minimum Gasteiger partial charge on any atom is -0.481 e. The molecule has 2 N–H and O–H groups in total. The molecule has 2 aliphatic rings. The van der Waals surface area contributed by atoms with Crippen LogP contribution in [0.2, 0.25) is 0 Å². The number of carboxylic acid groups (broad SMARTS) is 1. The lowest BCUT2D eigenvalue weighted by molar-refractivity contribution is -0.139. The van der Waals surface area contributed by atoms with Crippen LogP contribution >= 0.6 is 11.8 Å². The molecule has 0 saturated carbocycles. The molecule has 0 aromatic carbocycles. The van der Waals surface area contributed by atoms with Gasteiger partial charge in [0.1, 0.15) is 0 Å². The first-order valence-corrected chi connectivity index (χ1v) is 7.25. The second-order valence-corrected chi connectivity index (χ2v) is 5.81. The third-order valence-electron chi connectivity index (χ3n) is 3.43. The van der Waals surface area contributed by atoms with E-state index >= 15 is 0 Å². The van der Waals surface area contributed by atoms with Gasteiger partial charge in [-0.1, -0.05) is 0 Å². The van der Waals surface area contributed by atoms with Crippen molar-refractivity contribution in [3.05, 3.63) is 11.1 Å². The van der Waals surface area contributed by atoms with Crippen LogP contribution in [-0.2, 0) is 9.59 Å². The van der Waals surface area contributed by atoms with E-state index in [2.05, 4.69) is 5.32 Å². The maximum atomic E-state index is 12.4. The average molecular weight is 270 g/mol. The second-order valence-electron chi connectivity index (χ2n) is 4.66. The molecular weight excluding hydrogens is 252 g/mol. The summed E-state index contributed by atoms with van der Waals surface area (Å²) in [5.41, 5.74) is 1.93. The Balaban J connectivity index is 2.08. The number of nitrogens with one attached hydrogen (secondary N) is 1. The van der Waals surface area contributed by atoms with Crippen LogP contribution in [0.1, 0.15) is 13.3 Å². The number of rotatable bonds is 3. The monoisotopic (exact) mass is 270 g/mol. The van der Waals surface area contributed by atoms with Crippen molar-refractivity contribution in [2.75, 3.05) is 31.1 Å². The van der Waals surface area contributed by atoms with Gasteiger partial charge in [0.15, 0.2) is 0 Å². The Bertz CT molecular complexity index is 389. The number of thioether (sulfide) groups is 1. The Morgan fingerprint density at radius 3 is 2.78 bits per heavy atom. The standard InChI is InChI=1S/C12H18N2O3S/c1-8(9-5-13-6-9)12(17)14-2-3-18-7-10(14)4-11(15)16/h10,13H,2-7H2,1H3,(H,15,16). The van der Waals surface area contributed by atoms with Crippen LogP contribution in [0, 0.1) is 0 Å². The van der Waals surface area contributed by atoms with E-state index in [1.165, 1.54) is 0 Å². The lowest BCUT2D eigenvalue weighted by atomic mass is 10.0. The van der Waals surface area contributed by atoms with E-state index in [1.54, 1.807) is 16.7 Å². The van der Waals surface area contributed by atoms with Gasteiger partial charge in [-0.2, -0.15) is 11.8 Å². The number of aliphatic carboxylic acids is 1. The molecule has 2 fully saturated rings. The van der Waals surface area contributed by atoms with Gasteiger partial charge < -0.3 is 15.3 Å². The van der Waals surface area contributed by atoms with E-state index in [4.69, 9.17) is 5.11 Å². The van der Waals surface area contributed by atoms with Crippen LogP contribution in [0.15, 0.2) is 11.1 Å². The summed E-state index contributed by atoms with van der Waals surface area (Å²) in [6.07, 6.45) is 0.0413. The fourth-order valence-corrected chi connectivity index (χ4v) is 3.24. The first-order valence-electron chi connectivity index (χ1n) is 6.09. The van der Waals surface area contributed by atoms with Gasteiger partial charge in [-0.05, 0) is 12.5 Å². The predicted molar refractivity (Wildman–Crippen MR) is 70.6 cm³/mol. The summed E-state index contributed by atoms with van der Waals surface area (Å²) in [6.45, 7) is 4.06. The van der Waals surface area contributed by atoms with Crippen molar-refractivity contribution in [1.82, 2.24) is 10.2 Å². The summed E-state index contributed by atoms with van der Waals surface area (Å²) < 4.78 is 0. The van der Waals surface area contributed by atoms with Gasteiger partial charge in [0.25, 0.3) is 0 Å². The molecule has 0 aromatic rings. The fraction of sp³-hybridized carbons (Fsp3) is 0.667. The first kappa shape index (κ1) is 13.4. The highest BCUT2D eigenvalue weighted by Crippen LogP contribution is 2.22. The third-order valence-corrected chi connectivity index (χ3v) is 4.52. The summed E-state index contributed by atoms with van der Waals surface area (Å²) in [7, 11) is 0. The van der Waals surface area contributed by atoms with Crippen LogP contribution in [0.4, 0.5) is 0 Å². The van der Waals surface area contributed by atoms with Gasteiger partial charge in [0.05, 0.1) is 12.5 Å². The first-order chi connectivity index (χ1) is 8.59. The van der Waals surface area contributed by atoms with Gasteiger partial charge in [-0.25, -0.2) is 0 Å². The van der Waals surface area contributed by atoms with Crippen LogP contribution < -0.4 is 5.32 Å². The molecule has 0 radical (unpaired) electrons. The molecule has 2 rings (SSSR count). The van der Waals surface area contributed by atoms with E-state index in [0.29, 0.717) is 6.54 Å². The average Bonchev–Trinajstić information content (AvgIpc) is 2.25. The molecule has 5 nitrogen and oxygen atoms in total. The Labute approximate surface area is 111 Å². The Kier molecular flexibility index (Phi) is 4.29. The van der Waals surface area contributed by atoms with E-state index in [0.717, 1.165) is 35.7 Å². The van der Waals surface area contributed by atoms with Crippen molar-refractivity contribution in [2.24, 2.45) is 0 Å². The summed E-state index contributed by atoms with van der Waals surface area (Å²) in [5.74, 6) is 0.788. The molecule has 2 heterocycles. The molecule has 1 atom stereocenters. The number of amides is 1. The number of carboxylic acids is 1. The number of carbonyl (C=O) groups is 2. The van der Waals surface area contributed by atoms with Gasteiger partial charge in [-0.15, -0.1) is 0 Å². The Morgan fingerprint density at radius 2 is 2.22 bits per heavy atom. The van der Waals surface area contributed by atoms with Gasteiger partial charge in [-0.3, -0.25) is 9.59 Å². The number of nitrogens with zero attached hydrogens (tertiary/aromatic N) is 1. The molecule has 0 bridgehead atoms. The number of hydrogen-bond donors (Lipinski definition) is 2. The van der Waals surface area contributed by atoms with E-state index < -0.39 is 5.97 Å². The van der Waals surface area contributed by atoms with Crippen LogP contribution in [0.5, 0.6) is 0 Å². The Morgan fingerprint density at radius 1 is 1.50 bits per heavy atom. The van der Waals surface area contributed by atoms with Crippen molar-refractivity contribution in [2.45, 2.75) is 19.4 Å². The quantitative estimate of drug-likeness (QED) is 0.723. The highest BCUT2D eigenvalue weighted by atomic mass is 32.2. The zero-order valence-corrected chi connectivity index (χ0v) is 11.3. The van der Waals surface area contributed by atoms with E-state index in [-0.39, 0.29) is 18.4 Å². The predicted octanol–water partition coefficient (Wildman–Crippen LogP) is 0.325. The maximum Gasteiger partial charge on any atom is 0.305 e. The number of hydrogen-bond acceptors (Lipinski definition) is 4.